The van der Waals surface area contributed by atoms with E-state index < -0.39 is 12.0 Å². The first-order chi connectivity index (χ1) is 9.00. The highest BCUT2D eigenvalue weighted by molar-refractivity contribution is 5.84. The molecule has 0 aliphatic heterocycles. The van der Waals surface area contributed by atoms with Crippen molar-refractivity contribution in [2.45, 2.75) is 32.4 Å². The average Bonchev–Trinajstić information content (AvgIpc) is 2.36. The Labute approximate surface area is 112 Å². The Morgan fingerprint density at radius 1 is 1.26 bits per heavy atom. The Morgan fingerprint density at radius 3 is 2.42 bits per heavy atom. The third kappa shape index (κ3) is 5.52. The smallest absolute Gasteiger partial charge is 0.330 e. The maximum atomic E-state index is 11.7. The summed E-state index contributed by atoms with van der Waals surface area (Å²) in [6.45, 7) is 4.04. The molecule has 1 aromatic carbocycles. The number of nitrogens with one attached hydrogen (secondary N) is 1. The summed E-state index contributed by atoms with van der Waals surface area (Å²) in [6.07, 6.45) is 0.201. The predicted octanol–water partition coefficient (Wildman–Crippen LogP) is 1.74. The Kier molecular flexibility index (Phi) is 6.02. The Morgan fingerprint density at radius 2 is 1.89 bits per heavy atom. The van der Waals surface area contributed by atoms with Gasteiger partial charge in [-0.2, -0.15) is 0 Å². The van der Waals surface area contributed by atoms with Crippen LogP contribution < -0.4 is 5.32 Å². The maximum Gasteiger partial charge on any atom is 0.330 e. The molecule has 0 unspecified atom stereocenters. The van der Waals surface area contributed by atoms with Crippen LogP contribution in [0.25, 0.3) is 0 Å². The first kappa shape index (κ1) is 15.2. The summed E-state index contributed by atoms with van der Waals surface area (Å²) in [6, 6.07) is 7.58. The second-order valence-corrected chi connectivity index (χ2v) is 4.42. The zero-order valence-electron chi connectivity index (χ0n) is 11.1. The molecule has 104 valence electrons. The third-order valence-electron chi connectivity index (χ3n) is 2.47. The number of benzene rings is 1. The lowest BCUT2D eigenvalue weighted by molar-refractivity contribution is -0.142. The summed E-state index contributed by atoms with van der Waals surface area (Å²) in [5.41, 5.74) is 0.549. The summed E-state index contributed by atoms with van der Waals surface area (Å²) in [7, 11) is 0. The van der Waals surface area contributed by atoms with Gasteiger partial charge in [-0.1, -0.05) is 30.3 Å². The van der Waals surface area contributed by atoms with Crippen molar-refractivity contribution in [2.24, 2.45) is 0 Å². The molecule has 1 aromatic rings. The molecule has 2 N–H and O–H groups in total. The topological polar surface area (TPSA) is 75.6 Å². The van der Waals surface area contributed by atoms with Gasteiger partial charge < -0.3 is 15.2 Å². The molecule has 0 spiro atoms. The lowest BCUT2D eigenvalue weighted by Crippen LogP contribution is -2.34. The van der Waals surface area contributed by atoms with Crippen molar-refractivity contribution < 1.29 is 19.4 Å². The number of carboxylic acid groups (broad SMARTS) is 1. The number of hydrogen-bond acceptors (Lipinski definition) is 3. The number of carbonyl (C=O) groups excluding carboxylic acids is 1. The van der Waals surface area contributed by atoms with E-state index in [1.54, 1.807) is 30.3 Å². The minimum Gasteiger partial charge on any atom is -0.479 e. The van der Waals surface area contributed by atoms with Crippen molar-refractivity contribution in [3.63, 3.8) is 0 Å². The number of rotatable bonds is 7. The highest BCUT2D eigenvalue weighted by Crippen LogP contribution is 2.12. The van der Waals surface area contributed by atoms with Crippen molar-refractivity contribution >= 4 is 11.9 Å². The number of carbonyl (C=O) groups is 2. The maximum absolute atomic E-state index is 11.7. The standard InChI is InChI=1S/C14H19NO4/c1-10(2)19-9-8-12(16)15-13(14(17)18)11-6-4-3-5-7-11/h3-7,10,13H,8-9H2,1-2H3,(H,15,16)(H,17,18)/t13-/m0/s1. The lowest BCUT2D eigenvalue weighted by Gasteiger charge is -2.15. The molecule has 1 amide bonds. The normalized spacial score (nSPS) is 12.2. The lowest BCUT2D eigenvalue weighted by atomic mass is 10.1. The fraction of sp³-hybridized carbons (Fsp3) is 0.429. The summed E-state index contributed by atoms with van der Waals surface area (Å²) >= 11 is 0. The summed E-state index contributed by atoms with van der Waals surface area (Å²) < 4.78 is 5.25. The van der Waals surface area contributed by atoms with E-state index >= 15 is 0 Å². The van der Waals surface area contributed by atoms with E-state index in [1.165, 1.54) is 0 Å². The molecule has 0 saturated heterocycles. The van der Waals surface area contributed by atoms with Crippen LogP contribution in [0.15, 0.2) is 30.3 Å². The van der Waals surface area contributed by atoms with Crippen LogP contribution in [0.5, 0.6) is 0 Å². The highest BCUT2D eigenvalue weighted by atomic mass is 16.5. The fourth-order valence-electron chi connectivity index (χ4n) is 1.55. The van der Waals surface area contributed by atoms with Crippen molar-refractivity contribution in [1.29, 1.82) is 0 Å². The minimum absolute atomic E-state index is 0.0530. The van der Waals surface area contributed by atoms with Crippen LogP contribution in [0, 0.1) is 0 Å². The van der Waals surface area contributed by atoms with Gasteiger partial charge in [0.05, 0.1) is 19.1 Å². The van der Waals surface area contributed by atoms with E-state index in [1.807, 2.05) is 13.8 Å². The molecule has 0 aliphatic carbocycles. The van der Waals surface area contributed by atoms with E-state index in [-0.39, 0.29) is 25.0 Å². The predicted molar refractivity (Wildman–Crippen MR) is 70.7 cm³/mol. The van der Waals surface area contributed by atoms with E-state index in [0.29, 0.717) is 5.56 Å². The number of amides is 1. The zero-order chi connectivity index (χ0) is 14.3. The third-order valence-corrected chi connectivity index (χ3v) is 2.47. The van der Waals surface area contributed by atoms with Crippen LogP contribution in [0.1, 0.15) is 31.9 Å². The van der Waals surface area contributed by atoms with Crippen LogP contribution in [-0.2, 0) is 14.3 Å². The van der Waals surface area contributed by atoms with Gasteiger partial charge in [-0.05, 0) is 19.4 Å². The van der Waals surface area contributed by atoms with Gasteiger partial charge in [0.25, 0.3) is 0 Å². The second-order valence-electron chi connectivity index (χ2n) is 4.42. The molecule has 19 heavy (non-hydrogen) atoms. The van der Waals surface area contributed by atoms with Gasteiger partial charge in [-0.25, -0.2) is 4.79 Å². The molecular formula is C14H19NO4. The van der Waals surface area contributed by atoms with Gasteiger partial charge in [-0.3, -0.25) is 4.79 Å². The molecular weight excluding hydrogens is 246 g/mol. The largest absolute Gasteiger partial charge is 0.479 e. The fourth-order valence-corrected chi connectivity index (χ4v) is 1.55. The summed E-state index contributed by atoms with van der Waals surface area (Å²) in [5.74, 6) is -1.42. The number of hydrogen-bond donors (Lipinski definition) is 2. The molecule has 0 bridgehead atoms. The minimum atomic E-state index is -1.08. The molecule has 0 radical (unpaired) electrons. The SMILES string of the molecule is CC(C)OCCC(=O)N[C@H](C(=O)O)c1ccccc1. The molecule has 5 heteroatoms. The molecule has 5 nitrogen and oxygen atoms in total. The second kappa shape index (κ2) is 7.53. The van der Waals surface area contributed by atoms with Crippen molar-refractivity contribution in [1.82, 2.24) is 5.32 Å². The Bertz CT molecular complexity index is 417. The monoisotopic (exact) mass is 265 g/mol. The van der Waals surface area contributed by atoms with Crippen LogP contribution in [0.3, 0.4) is 0 Å². The van der Waals surface area contributed by atoms with E-state index in [9.17, 15) is 9.59 Å². The first-order valence-electron chi connectivity index (χ1n) is 6.19. The zero-order valence-corrected chi connectivity index (χ0v) is 11.1. The first-order valence-corrected chi connectivity index (χ1v) is 6.19. The van der Waals surface area contributed by atoms with Crippen LogP contribution in [0.2, 0.25) is 0 Å². The molecule has 0 aromatic heterocycles. The van der Waals surface area contributed by atoms with E-state index in [2.05, 4.69) is 5.32 Å². The average molecular weight is 265 g/mol. The molecule has 0 heterocycles. The van der Waals surface area contributed by atoms with Gasteiger partial charge in [0.15, 0.2) is 6.04 Å². The molecule has 0 saturated carbocycles. The molecule has 0 fully saturated rings. The van der Waals surface area contributed by atoms with Crippen molar-refractivity contribution in [2.75, 3.05) is 6.61 Å². The van der Waals surface area contributed by atoms with Gasteiger partial charge in [-0.15, -0.1) is 0 Å². The van der Waals surface area contributed by atoms with Gasteiger partial charge in [0.2, 0.25) is 5.91 Å². The van der Waals surface area contributed by atoms with Crippen LogP contribution in [0.4, 0.5) is 0 Å². The van der Waals surface area contributed by atoms with Crippen LogP contribution >= 0.6 is 0 Å². The van der Waals surface area contributed by atoms with Gasteiger partial charge in [0, 0.05) is 0 Å². The summed E-state index contributed by atoms with van der Waals surface area (Å²) in [5, 5.41) is 11.6. The molecule has 1 rings (SSSR count). The van der Waals surface area contributed by atoms with Crippen molar-refractivity contribution in [3.8, 4) is 0 Å². The highest BCUT2D eigenvalue weighted by Gasteiger charge is 2.21. The number of aliphatic carboxylic acids is 1. The van der Waals surface area contributed by atoms with E-state index in [0.717, 1.165) is 0 Å². The quantitative estimate of drug-likeness (QED) is 0.787. The van der Waals surface area contributed by atoms with Gasteiger partial charge in [0.1, 0.15) is 0 Å². The van der Waals surface area contributed by atoms with Gasteiger partial charge >= 0.3 is 5.97 Å². The van der Waals surface area contributed by atoms with E-state index in [4.69, 9.17) is 9.84 Å². The number of carboxylic acids is 1. The Balaban J connectivity index is 2.55. The van der Waals surface area contributed by atoms with Crippen molar-refractivity contribution in [3.05, 3.63) is 35.9 Å². The van der Waals surface area contributed by atoms with Crippen LogP contribution in [-0.4, -0.2) is 29.7 Å². The molecule has 1 atom stereocenters. The Hall–Kier alpha value is -1.88. The number of ether oxygens (including phenoxy) is 1. The molecule has 0 aliphatic rings. The summed E-state index contributed by atoms with van der Waals surface area (Å²) in [4.78, 5) is 22.8.